The van der Waals surface area contributed by atoms with Crippen LogP contribution in [0.3, 0.4) is 0 Å². The third-order valence-electron chi connectivity index (χ3n) is 3.77. The molecule has 1 aliphatic heterocycles. The van der Waals surface area contributed by atoms with Crippen LogP contribution in [0.15, 0.2) is 39.8 Å². The number of amides is 1. The standard InChI is InChI=1S/C18H13BrClFN4O2/c1-9-18(26)25-24-15(23-9)6-11-2-3-14(19)17(16(11)21)27-13-5-10(8-22)4-12(20)7-13/h2-5,7,9H,6H2,1H3,(H,23,24)(H,25,26)/t9-/m1/s1. The third kappa shape index (κ3) is 4.38. The van der Waals surface area contributed by atoms with Crippen molar-refractivity contribution in [3.63, 3.8) is 0 Å². The summed E-state index contributed by atoms with van der Waals surface area (Å²) in [7, 11) is 0. The predicted molar refractivity (Wildman–Crippen MR) is 102 cm³/mol. The number of rotatable bonds is 4. The monoisotopic (exact) mass is 450 g/mol. The second-order valence-electron chi connectivity index (χ2n) is 5.78. The number of hydrogen-bond donors (Lipinski definition) is 2. The van der Waals surface area contributed by atoms with Crippen LogP contribution in [0, 0.1) is 17.1 Å². The van der Waals surface area contributed by atoms with E-state index in [1.54, 1.807) is 19.1 Å². The van der Waals surface area contributed by atoms with Crippen molar-refractivity contribution in [2.24, 2.45) is 4.99 Å². The molecule has 1 aliphatic rings. The van der Waals surface area contributed by atoms with Gasteiger partial charge in [-0.15, -0.1) is 0 Å². The van der Waals surface area contributed by atoms with Crippen LogP contribution in [-0.4, -0.2) is 17.8 Å². The van der Waals surface area contributed by atoms with Crippen molar-refractivity contribution in [1.82, 2.24) is 10.9 Å². The highest BCUT2D eigenvalue weighted by Gasteiger charge is 2.21. The normalized spacial score (nSPS) is 16.0. The summed E-state index contributed by atoms with van der Waals surface area (Å²) in [5.74, 6) is -0.203. The molecular weight excluding hydrogens is 439 g/mol. The molecule has 138 valence electrons. The van der Waals surface area contributed by atoms with Gasteiger partial charge in [-0.1, -0.05) is 17.7 Å². The minimum Gasteiger partial charge on any atom is -0.453 e. The summed E-state index contributed by atoms with van der Waals surface area (Å²) in [6.07, 6.45) is 0.138. The first-order chi connectivity index (χ1) is 12.9. The van der Waals surface area contributed by atoms with Gasteiger partial charge in [-0.3, -0.25) is 20.6 Å². The van der Waals surface area contributed by atoms with Crippen molar-refractivity contribution in [2.75, 3.05) is 0 Å². The van der Waals surface area contributed by atoms with Gasteiger partial charge < -0.3 is 4.74 Å². The zero-order chi connectivity index (χ0) is 19.6. The van der Waals surface area contributed by atoms with Crippen LogP contribution >= 0.6 is 27.5 Å². The lowest BCUT2D eigenvalue weighted by molar-refractivity contribution is -0.122. The number of hydrogen-bond acceptors (Lipinski definition) is 5. The van der Waals surface area contributed by atoms with Gasteiger partial charge in [-0.2, -0.15) is 5.26 Å². The number of amidine groups is 1. The minimum absolute atomic E-state index is 0.0350. The lowest BCUT2D eigenvalue weighted by Crippen LogP contribution is -2.50. The molecule has 0 saturated carbocycles. The Balaban J connectivity index is 1.90. The lowest BCUT2D eigenvalue weighted by atomic mass is 10.1. The molecule has 0 unspecified atom stereocenters. The summed E-state index contributed by atoms with van der Waals surface area (Å²) < 4.78 is 21.1. The molecular formula is C18H13BrClFN4O2. The zero-order valence-electron chi connectivity index (χ0n) is 14.0. The van der Waals surface area contributed by atoms with Crippen LogP contribution in [0.5, 0.6) is 11.5 Å². The van der Waals surface area contributed by atoms with E-state index in [0.29, 0.717) is 26.5 Å². The Morgan fingerprint density at radius 1 is 1.37 bits per heavy atom. The fraction of sp³-hybridized carbons (Fsp3) is 0.167. The van der Waals surface area contributed by atoms with Gasteiger partial charge in [0.25, 0.3) is 5.91 Å². The van der Waals surface area contributed by atoms with Gasteiger partial charge in [0.05, 0.1) is 16.1 Å². The number of aliphatic imine (C=N–C) groups is 1. The highest BCUT2D eigenvalue weighted by atomic mass is 79.9. The van der Waals surface area contributed by atoms with Gasteiger partial charge >= 0.3 is 0 Å². The number of carbonyl (C=O) groups is 1. The molecule has 0 aromatic heterocycles. The topological polar surface area (TPSA) is 86.5 Å². The van der Waals surface area contributed by atoms with Crippen LogP contribution in [0.2, 0.25) is 5.02 Å². The molecule has 0 bridgehead atoms. The molecule has 0 aliphatic carbocycles. The predicted octanol–water partition coefficient (Wildman–Crippen LogP) is 3.87. The van der Waals surface area contributed by atoms with Gasteiger partial charge in [-0.25, -0.2) is 4.39 Å². The van der Waals surface area contributed by atoms with E-state index in [0.717, 1.165) is 0 Å². The van der Waals surface area contributed by atoms with Crippen molar-refractivity contribution < 1.29 is 13.9 Å². The van der Waals surface area contributed by atoms with E-state index in [1.165, 1.54) is 18.2 Å². The molecule has 0 saturated heterocycles. The molecule has 1 heterocycles. The summed E-state index contributed by atoms with van der Waals surface area (Å²) in [6.45, 7) is 1.65. The van der Waals surface area contributed by atoms with Crippen molar-refractivity contribution in [1.29, 1.82) is 5.26 Å². The van der Waals surface area contributed by atoms with E-state index in [2.05, 4.69) is 31.8 Å². The van der Waals surface area contributed by atoms with E-state index in [9.17, 15) is 4.79 Å². The van der Waals surface area contributed by atoms with Crippen LogP contribution in [0.4, 0.5) is 4.39 Å². The van der Waals surface area contributed by atoms with Crippen LogP contribution in [0.25, 0.3) is 0 Å². The van der Waals surface area contributed by atoms with E-state index < -0.39 is 11.9 Å². The second-order valence-corrected chi connectivity index (χ2v) is 7.07. The Bertz CT molecular complexity index is 990. The first-order valence-electron chi connectivity index (χ1n) is 7.85. The van der Waals surface area contributed by atoms with Crippen LogP contribution in [0.1, 0.15) is 18.1 Å². The van der Waals surface area contributed by atoms with Gasteiger partial charge in [0.15, 0.2) is 11.6 Å². The number of nitriles is 1. The molecule has 0 fully saturated rings. The number of carbonyl (C=O) groups excluding carboxylic acids is 1. The molecule has 9 heteroatoms. The van der Waals surface area contributed by atoms with Crippen molar-refractivity contribution in [3.8, 4) is 17.6 Å². The van der Waals surface area contributed by atoms with Crippen molar-refractivity contribution >= 4 is 39.3 Å². The Morgan fingerprint density at radius 3 is 2.85 bits per heavy atom. The Hall–Kier alpha value is -2.63. The number of nitrogens with one attached hydrogen (secondary N) is 2. The Morgan fingerprint density at radius 2 is 2.15 bits per heavy atom. The largest absolute Gasteiger partial charge is 0.453 e. The molecule has 0 spiro atoms. The number of hydrazine groups is 1. The smallest absolute Gasteiger partial charge is 0.262 e. The van der Waals surface area contributed by atoms with Crippen LogP contribution < -0.4 is 15.6 Å². The molecule has 0 radical (unpaired) electrons. The van der Waals surface area contributed by atoms with E-state index in [-0.39, 0.29) is 23.8 Å². The van der Waals surface area contributed by atoms with Crippen molar-refractivity contribution in [2.45, 2.75) is 19.4 Å². The molecule has 1 amide bonds. The van der Waals surface area contributed by atoms with Gasteiger partial charge in [0, 0.05) is 11.4 Å². The molecule has 6 nitrogen and oxygen atoms in total. The van der Waals surface area contributed by atoms with Crippen LogP contribution in [-0.2, 0) is 11.2 Å². The molecule has 2 N–H and O–H groups in total. The Labute approximate surface area is 168 Å². The number of ether oxygens (including phenoxy) is 1. The Kier molecular flexibility index (Phi) is 5.63. The molecule has 2 aromatic rings. The van der Waals surface area contributed by atoms with Gasteiger partial charge in [-0.05, 0) is 52.7 Å². The fourth-order valence-corrected chi connectivity index (χ4v) is 3.05. The van der Waals surface area contributed by atoms with Gasteiger partial charge in [0.1, 0.15) is 17.6 Å². The maximum Gasteiger partial charge on any atom is 0.262 e. The average Bonchev–Trinajstić information content (AvgIpc) is 2.63. The fourth-order valence-electron chi connectivity index (χ4n) is 2.44. The molecule has 3 rings (SSSR count). The quantitative estimate of drug-likeness (QED) is 0.739. The highest BCUT2D eigenvalue weighted by Crippen LogP contribution is 2.35. The summed E-state index contributed by atoms with van der Waals surface area (Å²) in [5.41, 5.74) is 5.76. The van der Waals surface area contributed by atoms with E-state index >= 15 is 4.39 Å². The number of benzene rings is 2. The molecule has 1 atom stereocenters. The van der Waals surface area contributed by atoms with Gasteiger partial charge in [0.2, 0.25) is 0 Å². The summed E-state index contributed by atoms with van der Waals surface area (Å²) in [5, 5.41) is 9.34. The van der Waals surface area contributed by atoms with E-state index in [4.69, 9.17) is 21.6 Å². The summed E-state index contributed by atoms with van der Waals surface area (Å²) >= 11 is 9.23. The molecule has 2 aromatic carbocycles. The van der Waals surface area contributed by atoms with E-state index in [1.807, 2.05) is 6.07 Å². The maximum absolute atomic E-state index is 15.0. The lowest BCUT2D eigenvalue weighted by Gasteiger charge is -2.20. The average molecular weight is 452 g/mol. The van der Waals surface area contributed by atoms with Crippen molar-refractivity contribution in [3.05, 3.63) is 56.8 Å². The first-order valence-corrected chi connectivity index (χ1v) is 9.02. The second kappa shape index (κ2) is 7.94. The maximum atomic E-state index is 15.0. The summed E-state index contributed by atoms with van der Waals surface area (Å²) in [4.78, 5) is 15.6. The summed E-state index contributed by atoms with van der Waals surface area (Å²) in [6, 6.07) is 9.10. The first kappa shape index (κ1) is 19.1. The third-order valence-corrected chi connectivity index (χ3v) is 4.61. The zero-order valence-corrected chi connectivity index (χ0v) is 16.4. The SMILES string of the molecule is C[C@H]1N=C(Cc2ccc(Br)c(Oc3cc(Cl)cc(C#N)c3)c2F)NNC1=O. The molecule has 27 heavy (non-hydrogen) atoms. The minimum atomic E-state index is -0.586. The highest BCUT2D eigenvalue weighted by molar-refractivity contribution is 9.10. The number of nitrogens with zero attached hydrogens (tertiary/aromatic N) is 2. The number of halogens is 3.